The van der Waals surface area contributed by atoms with Crippen LogP contribution in [0, 0.1) is 0 Å². The number of pyridine rings is 1. The third kappa shape index (κ3) is 3.07. The highest BCUT2D eigenvalue weighted by atomic mass is 16.5. The van der Waals surface area contributed by atoms with Gasteiger partial charge in [-0.25, -0.2) is 9.78 Å². The molecule has 1 aromatic rings. The first-order valence-electron chi connectivity index (χ1n) is 5.33. The molecule has 94 valence electrons. The molecule has 0 spiro atoms. The summed E-state index contributed by atoms with van der Waals surface area (Å²) >= 11 is 0. The lowest BCUT2D eigenvalue weighted by atomic mass is 10.2. The number of aliphatic hydroxyl groups is 1. The number of nitrogen functional groups attached to an aromatic ring is 1. The lowest BCUT2D eigenvalue weighted by Crippen LogP contribution is -2.27. The maximum atomic E-state index is 11.5. The number of aromatic nitrogens is 1. The van der Waals surface area contributed by atoms with E-state index in [0.29, 0.717) is 18.9 Å². The molecule has 0 atom stereocenters. The van der Waals surface area contributed by atoms with E-state index in [2.05, 4.69) is 9.72 Å². The van der Waals surface area contributed by atoms with Crippen LogP contribution in [0.5, 0.6) is 0 Å². The van der Waals surface area contributed by atoms with Crippen molar-refractivity contribution in [3.05, 3.63) is 17.8 Å². The number of anilines is 2. The minimum atomic E-state index is -0.494. The topological polar surface area (TPSA) is 88.7 Å². The van der Waals surface area contributed by atoms with Crippen molar-refractivity contribution in [3.63, 3.8) is 0 Å². The van der Waals surface area contributed by atoms with Gasteiger partial charge in [-0.15, -0.1) is 0 Å². The van der Waals surface area contributed by atoms with E-state index in [9.17, 15) is 4.79 Å². The number of aliphatic hydroxyl groups excluding tert-OH is 1. The van der Waals surface area contributed by atoms with Gasteiger partial charge in [0.25, 0.3) is 0 Å². The Hall–Kier alpha value is -1.82. The Labute approximate surface area is 100 Å². The molecule has 0 aliphatic carbocycles. The Kier molecular flexibility index (Phi) is 4.71. The van der Waals surface area contributed by atoms with Crippen LogP contribution in [0.25, 0.3) is 0 Å². The molecule has 6 heteroatoms. The summed E-state index contributed by atoms with van der Waals surface area (Å²) in [6, 6.07) is 1.57. The smallest absolute Gasteiger partial charge is 0.340 e. The maximum absolute atomic E-state index is 11.5. The zero-order valence-electron chi connectivity index (χ0n) is 10.0. The fourth-order valence-corrected chi connectivity index (χ4v) is 1.47. The summed E-state index contributed by atoms with van der Waals surface area (Å²) < 4.78 is 4.63. The van der Waals surface area contributed by atoms with Gasteiger partial charge in [0.2, 0.25) is 0 Å². The van der Waals surface area contributed by atoms with Crippen LogP contribution in [-0.4, -0.2) is 42.9 Å². The number of nitrogens with two attached hydrogens (primary N) is 1. The maximum Gasteiger partial charge on any atom is 0.340 e. The van der Waals surface area contributed by atoms with Gasteiger partial charge in [0.1, 0.15) is 5.82 Å². The number of methoxy groups -OCH3 is 1. The summed E-state index contributed by atoms with van der Waals surface area (Å²) in [5.41, 5.74) is 6.21. The van der Waals surface area contributed by atoms with Crippen LogP contribution in [0.3, 0.4) is 0 Å². The Balaban J connectivity index is 3.06. The van der Waals surface area contributed by atoms with E-state index < -0.39 is 5.97 Å². The van der Waals surface area contributed by atoms with Gasteiger partial charge < -0.3 is 20.5 Å². The number of carbonyl (C=O) groups is 1. The Morgan fingerprint density at radius 2 is 2.35 bits per heavy atom. The van der Waals surface area contributed by atoms with Crippen LogP contribution in [0.15, 0.2) is 12.3 Å². The Bertz CT molecular complexity index is 396. The molecule has 6 nitrogen and oxygen atoms in total. The van der Waals surface area contributed by atoms with E-state index in [1.165, 1.54) is 13.3 Å². The van der Waals surface area contributed by atoms with Gasteiger partial charge in [-0.3, -0.25) is 0 Å². The van der Waals surface area contributed by atoms with Crippen molar-refractivity contribution < 1.29 is 14.6 Å². The lowest BCUT2D eigenvalue weighted by Gasteiger charge is -2.21. The number of esters is 1. The van der Waals surface area contributed by atoms with Crippen molar-refractivity contribution in [2.45, 2.75) is 6.92 Å². The first-order chi connectivity index (χ1) is 8.13. The van der Waals surface area contributed by atoms with Crippen LogP contribution in [-0.2, 0) is 4.74 Å². The van der Waals surface area contributed by atoms with Crippen molar-refractivity contribution in [2.24, 2.45) is 0 Å². The van der Waals surface area contributed by atoms with E-state index in [1.54, 1.807) is 6.07 Å². The molecule has 0 saturated carbocycles. The third-order valence-electron chi connectivity index (χ3n) is 2.40. The lowest BCUT2D eigenvalue weighted by molar-refractivity contribution is 0.0602. The standard InChI is InChI=1S/C11H17N3O3/c1-3-14(4-5-15)10-6-8(11(16)17-2)9(12)7-13-10/h6-7,15H,3-5,12H2,1-2H3. The van der Waals surface area contributed by atoms with Crippen LogP contribution in [0.1, 0.15) is 17.3 Å². The summed E-state index contributed by atoms with van der Waals surface area (Å²) in [6.07, 6.45) is 1.42. The van der Waals surface area contributed by atoms with Crippen molar-refractivity contribution in [1.82, 2.24) is 4.98 Å². The highest BCUT2D eigenvalue weighted by Crippen LogP contribution is 2.18. The second-order valence-electron chi connectivity index (χ2n) is 3.42. The second-order valence-corrected chi connectivity index (χ2v) is 3.42. The van der Waals surface area contributed by atoms with E-state index in [1.807, 2.05) is 11.8 Å². The fourth-order valence-electron chi connectivity index (χ4n) is 1.47. The number of likely N-dealkylation sites (N-methyl/N-ethyl adjacent to an activating group) is 1. The molecule has 0 aliphatic rings. The first kappa shape index (κ1) is 13.2. The van der Waals surface area contributed by atoms with Crippen molar-refractivity contribution in [1.29, 1.82) is 0 Å². The molecule has 0 aromatic carbocycles. The molecule has 1 aromatic heterocycles. The van der Waals surface area contributed by atoms with E-state index in [-0.39, 0.29) is 17.9 Å². The van der Waals surface area contributed by atoms with Crippen molar-refractivity contribution in [2.75, 3.05) is 37.4 Å². The van der Waals surface area contributed by atoms with E-state index in [4.69, 9.17) is 10.8 Å². The molecule has 0 unspecified atom stereocenters. The Morgan fingerprint density at radius 1 is 1.65 bits per heavy atom. The monoisotopic (exact) mass is 239 g/mol. The second kappa shape index (κ2) is 6.05. The summed E-state index contributed by atoms with van der Waals surface area (Å²) in [5, 5.41) is 8.92. The number of nitrogens with zero attached hydrogens (tertiary/aromatic N) is 2. The quantitative estimate of drug-likeness (QED) is 0.717. The molecule has 17 heavy (non-hydrogen) atoms. The molecule has 0 fully saturated rings. The number of rotatable bonds is 5. The summed E-state index contributed by atoms with van der Waals surface area (Å²) in [5.74, 6) is 0.0994. The molecule has 3 N–H and O–H groups in total. The van der Waals surface area contributed by atoms with E-state index >= 15 is 0 Å². The number of hydrogen-bond acceptors (Lipinski definition) is 6. The first-order valence-corrected chi connectivity index (χ1v) is 5.33. The number of ether oxygens (including phenoxy) is 1. The average Bonchev–Trinajstić information content (AvgIpc) is 2.36. The molecular weight excluding hydrogens is 222 g/mol. The largest absolute Gasteiger partial charge is 0.465 e. The van der Waals surface area contributed by atoms with Gasteiger partial charge in [0, 0.05) is 13.1 Å². The van der Waals surface area contributed by atoms with Crippen molar-refractivity contribution in [3.8, 4) is 0 Å². The van der Waals surface area contributed by atoms with Crippen LogP contribution in [0.4, 0.5) is 11.5 Å². The minimum Gasteiger partial charge on any atom is -0.465 e. The number of hydrogen-bond donors (Lipinski definition) is 2. The molecule has 1 heterocycles. The predicted octanol–water partition coefficient (Wildman–Crippen LogP) is 0.269. The average molecular weight is 239 g/mol. The van der Waals surface area contributed by atoms with Crippen LogP contribution in [0.2, 0.25) is 0 Å². The minimum absolute atomic E-state index is 0.0213. The molecule has 0 radical (unpaired) electrons. The summed E-state index contributed by atoms with van der Waals surface area (Å²) in [7, 11) is 1.30. The van der Waals surface area contributed by atoms with Gasteiger partial charge in [0.05, 0.1) is 31.2 Å². The highest BCUT2D eigenvalue weighted by Gasteiger charge is 2.14. The molecule has 0 saturated heterocycles. The number of carbonyl (C=O) groups excluding carboxylic acids is 1. The molecule has 0 amide bonds. The molecule has 0 bridgehead atoms. The Morgan fingerprint density at radius 3 is 2.88 bits per heavy atom. The predicted molar refractivity (Wildman–Crippen MR) is 65.0 cm³/mol. The molecular formula is C11H17N3O3. The van der Waals surface area contributed by atoms with Crippen molar-refractivity contribution >= 4 is 17.5 Å². The highest BCUT2D eigenvalue weighted by molar-refractivity contribution is 5.95. The fraction of sp³-hybridized carbons (Fsp3) is 0.455. The van der Waals surface area contributed by atoms with Crippen LogP contribution < -0.4 is 10.6 Å². The van der Waals surface area contributed by atoms with E-state index in [0.717, 1.165) is 0 Å². The van der Waals surface area contributed by atoms with Gasteiger partial charge in [-0.2, -0.15) is 0 Å². The zero-order valence-corrected chi connectivity index (χ0v) is 10.0. The third-order valence-corrected chi connectivity index (χ3v) is 2.40. The van der Waals surface area contributed by atoms with Gasteiger partial charge in [0.15, 0.2) is 0 Å². The summed E-state index contributed by atoms with van der Waals surface area (Å²) in [4.78, 5) is 17.4. The zero-order chi connectivity index (χ0) is 12.8. The van der Waals surface area contributed by atoms with Gasteiger partial charge >= 0.3 is 5.97 Å². The molecule has 0 aliphatic heterocycles. The molecule has 1 rings (SSSR count). The van der Waals surface area contributed by atoms with Gasteiger partial charge in [-0.05, 0) is 13.0 Å². The SMILES string of the molecule is CCN(CCO)c1cc(C(=O)OC)c(N)cn1. The van der Waals surface area contributed by atoms with Crippen LogP contribution >= 0.6 is 0 Å². The summed E-state index contributed by atoms with van der Waals surface area (Å²) in [6.45, 7) is 3.09. The van der Waals surface area contributed by atoms with Gasteiger partial charge in [-0.1, -0.05) is 0 Å². The normalized spacial score (nSPS) is 10.1.